The molecule has 0 bridgehead atoms. The van der Waals surface area contributed by atoms with Crippen molar-refractivity contribution in [3.05, 3.63) is 11.3 Å². The molecule has 0 atom stereocenters. The lowest BCUT2D eigenvalue weighted by Gasteiger charge is -2.16. The smallest absolute Gasteiger partial charge is 0.230 e. The minimum Gasteiger partial charge on any atom is -0.308 e. The van der Waals surface area contributed by atoms with Gasteiger partial charge in [-0.25, -0.2) is 0 Å². The summed E-state index contributed by atoms with van der Waals surface area (Å²) in [6.07, 6.45) is 0. The Hall–Kier alpha value is -1.83. The van der Waals surface area contributed by atoms with Crippen LogP contribution in [-0.2, 0) is 4.79 Å². The van der Waals surface area contributed by atoms with Crippen LogP contribution < -0.4 is 5.32 Å². The van der Waals surface area contributed by atoms with Crippen LogP contribution in [-0.4, -0.2) is 16.1 Å². The molecule has 0 aliphatic rings. The summed E-state index contributed by atoms with van der Waals surface area (Å²) in [5, 5.41) is 18.5. The molecular formula is C12H18N4O. The van der Waals surface area contributed by atoms with Crippen molar-refractivity contribution in [2.45, 2.75) is 40.5 Å². The average molecular weight is 234 g/mol. The van der Waals surface area contributed by atoms with Crippen LogP contribution in [0.25, 0.3) is 0 Å². The van der Waals surface area contributed by atoms with Crippen molar-refractivity contribution in [3.8, 4) is 6.07 Å². The monoisotopic (exact) mass is 234 g/mol. The summed E-state index contributed by atoms with van der Waals surface area (Å²) < 4.78 is 0. The Morgan fingerprint density at radius 2 is 2.06 bits per heavy atom. The Morgan fingerprint density at radius 3 is 2.47 bits per heavy atom. The molecule has 0 radical (unpaired) electrons. The summed E-state index contributed by atoms with van der Waals surface area (Å²) in [5.41, 5.74) is 0.651. The number of hydrogen-bond acceptors (Lipinski definition) is 3. The molecule has 5 nitrogen and oxygen atoms in total. The number of H-pyrrole nitrogens is 1. The first-order chi connectivity index (χ1) is 7.77. The maximum Gasteiger partial charge on any atom is 0.230 e. The van der Waals surface area contributed by atoms with Gasteiger partial charge in [0.1, 0.15) is 11.6 Å². The first-order valence-electron chi connectivity index (χ1n) is 5.57. The summed E-state index contributed by atoms with van der Waals surface area (Å²) in [4.78, 5) is 11.8. The molecule has 2 N–H and O–H groups in total. The number of aromatic amines is 1. The third-order valence-corrected chi connectivity index (χ3v) is 2.40. The molecule has 0 unspecified atom stereocenters. The SMILES string of the molecule is CC(C)c1[nH]nc(NC(=O)C(C)(C)C)c1C#N. The molecule has 92 valence electrons. The molecule has 0 saturated carbocycles. The van der Waals surface area contributed by atoms with E-state index in [1.165, 1.54) is 0 Å². The lowest BCUT2D eigenvalue weighted by Crippen LogP contribution is -2.28. The van der Waals surface area contributed by atoms with Crippen molar-refractivity contribution in [2.24, 2.45) is 5.41 Å². The maximum atomic E-state index is 11.8. The van der Waals surface area contributed by atoms with Crippen molar-refractivity contribution in [1.29, 1.82) is 5.26 Å². The predicted octanol–water partition coefficient (Wildman–Crippen LogP) is 2.39. The minimum atomic E-state index is -0.510. The third kappa shape index (κ3) is 2.84. The van der Waals surface area contributed by atoms with Crippen molar-refractivity contribution in [3.63, 3.8) is 0 Å². The molecule has 1 aromatic heterocycles. The van der Waals surface area contributed by atoms with Crippen LogP contribution in [0, 0.1) is 16.7 Å². The van der Waals surface area contributed by atoms with E-state index < -0.39 is 5.41 Å². The predicted molar refractivity (Wildman–Crippen MR) is 65.5 cm³/mol. The molecule has 0 aliphatic carbocycles. The van der Waals surface area contributed by atoms with E-state index in [2.05, 4.69) is 21.6 Å². The van der Waals surface area contributed by atoms with E-state index in [4.69, 9.17) is 5.26 Å². The van der Waals surface area contributed by atoms with Gasteiger partial charge in [0.2, 0.25) is 5.91 Å². The van der Waals surface area contributed by atoms with E-state index in [1.807, 2.05) is 34.6 Å². The van der Waals surface area contributed by atoms with Crippen LogP contribution >= 0.6 is 0 Å². The Morgan fingerprint density at radius 1 is 1.47 bits per heavy atom. The van der Waals surface area contributed by atoms with Gasteiger partial charge in [0, 0.05) is 5.41 Å². The van der Waals surface area contributed by atoms with E-state index in [0.29, 0.717) is 11.4 Å². The van der Waals surface area contributed by atoms with Gasteiger partial charge in [0.25, 0.3) is 0 Å². The highest BCUT2D eigenvalue weighted by Crippen LogP contribution is 2.24. The first kappa shape index (κ1) is 13.2. The Kier molecular flexibility index (Phi) is 3.56. The van der Waals surface area contributed by atoms with Gasteiger partial charge in [0.05, 0.1) is 5.69 Å². The Balaban J connectivity index is 3.02. The van der Waals surface area contributed by atoms with E-state index in [0.717, 1.165) is 5.69 Å². The summed E-state index contributed by atoms with van der Waals surface area (Å²) >= 11 is 0. The fourth-order valence-electron chi connectivity index (χ4n) is 1.27. The van der Waals surface area contributed by atoms with Gasteiger partial charge < -0.3 is 5.32 Å². The number of hydrogen-bond donors (Lipinski definition) is 2. The molecule has 0 aromatic carbocycles. The lowest BCUT2D eigenvalue weighted by molar-refractivity contribution is -0.123. The summed E-state index contributed by atoms with van der Waals surface area (Å²) in [6.45, 7) is 9.35. The molecule has 1 aromatic rings. The molecule has 1 heterocycles. The van der Waals surface area contributed by atoms with E-state index >= 15 is 0 Å². The lowest BCUT2D eigenvalue weighted by atomic mass is 9.95. The van der Waals surface area contributed by atoms with Gasteiger partial charge in [-0.2, -0.15) is 10.4 Å². The van der Waals surface area contributed by atoms with Crippen molar-refractivity contribution in [2.75, 3.05) is 5.32 Å². The highest BCUT2D eigenvalue weighted by molar-refractivity contribution is 5.94. The van der Waals surface area contributed by atoms with Gasteiger partial charge in [-0.1, -0.05) is 34.6 Å². The second-order valence-corrected chi connectivity index (χ2v) is 5.33. The zero-order valence-corrected chi connectivity index (χ0v) is 10.9. The average Bonchev–Trinajstić information content (AvgIpc) is 2.59. The fourth-order valence-corrected chi connectivity index (χ4v) is 1.27. The van der Waals surface area contributed by atoms with Crippen LogP contribution in [0.2, 0.25) is 0 Å². The molecule has 0 spiro atoms. The van der Waals surface area contributed by atoms with Crippen LogP contribution in [0.4, 0.5) is 5.82 Å². The van der Waals surface area contributed by atoms with Crippen molar-refractivity contribution in [1.82, 2.24) is 10.2 Å². The largest absolute Gasteiger partial charge is 0.308 e. The maximum absolute atomic E-state index is 11.8. The van der Waals surface area contributed by atoms with Crippen LogP contribution in [0.1, 0.15) is 51.8 Å². The second-order valence-electron chi connectivity index (χ2n) is 5.33. The topological polar surface area (TPSA) is 81.6 Å². The molecular weight excluding hydrogens is 216 g/mol. The molecule has 0 saturated heterocycles. The van der Waals surface area contributed by atoms with Crippen LogP contribution in [0.5, 0.6) is 0 Å². The summed E-state index contributed by atoms with van der Waals surface area (Å²) in [5.74, 6) is 0.323. The summed E-state index contributed by atoms with van der Waals surface area (Å²) in [7, 11) is 0. The Labute approximate surface area is 101 Å². The number of rotatable bonds is 2. The molecule has 0 aliphatic heterocycles. The number of anilines is 1. The fraction of sp³-hybridized carbons (Fsp3) is 0.583. The number of carbonyl (C=O) groups excluding carboxylic acids is 1. The quantitative estimate of drug-likeness (QED) is 0.824. The molecule has 5 heteroatoms. The Bertz CT molecular complexity index is 460. The van der Waals surface area contributed by atoms with Crippen LogP contribution in [0.15, 0.2) is 0 Å². The van der Waals surface area contributed by atoms with Crippen molar-refractivity contribution < 1.29 is 4.79 Å². The standard InChI is InChI=1S/C12H18N4O/c1-7(2)9-8(6-13)10(16-15-9)14-11(17)12(3,4)5/h7H,1-5H3,(H2,14,15,16,17). The highest BCUT2D eigenvalue weighted by Gasteiger charge is 2.24. The number of nitrogens with one attached hydrogen (secondary N) is 2. The zero-order chi connectivity index (χ0) is 13.2. The second kappa shape index (κ2) is 4.58. The third-order valence-electron chi connectivity index (χ3n) is 2.40. The molecule has 0 fully saturated rings. The first-order valence-corrected chi connectivity index (χ1v) is 5.57. The number of amides is 1. The van der Waals surface area contributed by atoms with E-state index in [1.54, 1.807) is 0 Å². The van der Waals surface area contributed by atoms with Gasteiger partial charge in [-0.15, -0.1) is 0 Å². The number of nitrogens with zero attached hydrogens (tertiary/aromatic N) is 2. The van der Waals surface area contributed by atoms with Gasteiger partial charge >= 0.3 is 0 Å². The van der Waals surface area contributed by atoms with Gasteiger partial charge in [-0.3, -0.25) is 9.89 Å². The van der Waals surface area contributed by atoms with Crippen LogP contribution in [0.3, 0.4) is 0 Å². The number of carbonyl (C=O) groups is 1. The van der Waals surface area contributed by atoms with Gasteiger partial charge in [-0.05, 0) is 5.92 Å². The minimum absolute atomic E-state index is 0.157. The zero-order valence-electron chi connectivity index (χ0n) is 10.9. The number of nitriles is 1. The molecule has 1 amide bonds. The number of aromatic nitrogens is 2. The molecule has 17 heavy (non-hydrogen) atoms. The highest BCUT2D eigenvalue weighted by atomic mass is 16.2. The van der Waals surface area contributed by atoms with Gasteiger partial charge in [0.15, 0.2) is 5.82 Å². The van der Waals surface area contributed by atoms with Crippen molar-refractivity contribution >= 4 is 11.7 Å². The summed E-state index contributed by atoms with van der Waals surface area (Å²) in [6, 6.07) is 2.07. The van der Waals surface area contributed by atoms with E-state index in [-0.39, 0.29) is 11.8 Å². The molecule has 1 rings (SSSR count). The normalized spacial score (nSPS) is 11.4. The van der Waals surface area contributed by atoms with E-state index in [9.17, 15) is 4.79 Å².